The number of carboxylic acid groups (broad SMARTS) is 2. The third kappa shape index (κ3) is 4.05. The highest BCUT2D eigenvalue weighted by Gasteiger charge is 2.88. The van der Waals surface area contributed by atoms with Crippen molar-refractivity contribution in [3.8, 4) is 0 Å². The molecule has 0 radical (unpaired) electrons. The van der Waals surface area contributed by atoms with Crippen LogP contribution in [0.3, 0.4) is 0 Å². The number of ether oxygens (including phenoxy) is 1. The maximum atomic E-state index is 13.2. The molecule has 1 unspecified atom stereocenters. The van der Waals surface area contributed by atoms with E-state index in [-0.39, 0.29) is 12.8 Å². The van der Waals surface area contributed by atoms with Gasteiger partial charge < -0.3 is 25.4 Å². The van der Waals surface area contributed by atoms with Crippen molar-refractivity contribution in [2.24, 2.45) is 23.2 Å². The van der Waals surface area contributed by atoms with Gasteiger partial charge in [0.25, 0.3) is 0 Å². The summed E-state index contributed by atoms with van der Waals surface area (Å²) in [4.78, 5) is 38.6. The number of hydrogen-bond acceptors (Lipinski definition) is 5. The van der Waals surface area contributed by atoms with E-state index in [1.165, 1.54) is 0 Å². The van der Waals surface area contributed by atoms with Crippen LogP contribution in [0.25, 0.3) is 0 Å². The van der Waals surface area contributed by atoms with E-state index in [2.05, 4.69) is 5.32 Å². The first-order valence-corrected chi connectivity index (χ1v) is 11.7. The first-order chi connectivity index (χ1) is 16.4. The molecule has 2 aliphatic carbocycles. The van der Waals surface area contributed by atoms with Crippen LogP contribution in [0, 0.1) is 23.2 Å². The Morgan fingerprint density at radius 3 is 1.97 bits per heavy atom. The lowest BCUT2D eigenvalue weighted by Gasteiger charge is -2.42. The van der Waals surface area contributed by atoms with Crippen molar-refractivity contribution in [3.63, 3.8) is 0 Å². The van der Waals surface area contributed by atoms with Gasteiger partial charge in [-0.2, -0.15) is 0 Å². The van der Waals surface area contributed by atoms with E-state index in [4.69, 9.17) is 4.74 Å². The van der Waals surface area contributed by atoms with E-state index in [0.29, 0.717) is 0 Å². The number of nitrogens with one attached hydrogen (secondary N) is 1. The molecule has 4 N–H and O–H groups in total. The third-order valence-electron chi connectivity index (χ3n) is 7.41. The Bertz CT molecular complexity index is 1110. The molecule has 0 saturated heterocycles. The monoisotopic (exact) mass is 481 g/mol. The molecule has 0 aromatic heterocycles. The van der Waals surface area contributed by atoms with Crippen molar-refractivity contribution in [1.82, 2.24) is 5.32 Å². The number of aliphatic hydroxyl groups is 1. The highest BCUT2D eigenvalue weighted by atomic mass is 16.6. The molecule has 186 valence electrons. The molecule has 0 aliphatic heterocycles. The molecule has 0 heterocycles. The van der Waals surface area contributed by atoms with Crippen molar-refractivity contribution in [2.75, 3.05) is 0 Å². The zero-order valence-electron chi connectivity index (χ0n) is 20.0. The average Bonchev–Trinajstić information content (AvgIpc) is 3.40. The van der Waals surface area contributed by atoms with Crippen molar-refractivity contribution in [1.29, 1.82) is 0 Å². The number of aliphatic carboxylic acids is 2. The summed E-state index contributed by atoms with van der Waals surface area (Å²) in [5.41, 5.74) is -2.92. The van der Waals surface area contributed by atoms with Crippen LogP contribution in [0.15, 0.2) is 60.7 Å². The summed E-state index contributed by atoms with van der Waals surface area (Å²) >= 11 is 0. The lowest BCUT2D eigenvalue weighted by atomic mass is 9.68. The van der Waals surface area contributed by atoms with Gasteiger partial charge in [0.15, 0.2) is 5.54 Å². The summed E-state index contributed by atoms with van der Waals surface area (Å²) in [6.07, 6.45) is -2.01. The largest absolute Gasteiger partial charge is 0.481 e. The Kier molecular flexibility index (Phi) is 6.13. The quantitative estimate of drug-likeness (QED) is 0.477. The number of carboxylic acids is 2. The van der Waals surface area contributed by atoms with Crippen molar-refractivity contribution in [3.05, 3.63) is 71.8 Å². The van der Waals surface area contributed by atoms with E-state index >= 15 is 0 Å². The number of amides is 1. The van der Waals surface area contributed by atoms with Gasteiger partial charge >= 0.3 is 18.0 Å². The van der Waals surface area contributed by atoms with E-state index in [1.54, 1.807) is 57.2 Å². The SMILES string of the molecule is CC(C)(C)OC(=O)N[C@@]1(C(=O)O)C(Cc2ccccc2)[C@@H](O)[C@@H]2[C@@H](C(=O)O)[C@]21Cc1ccccc1. The Balaban J connectivity index is 1.87. The van der Waals surface area contributed by atoms with Gasteiger partial charge in [-0.3, -0.25) is 4.79 Å². The topological polar surface area (TPSA) is 133 Å². The Morgan fingerprint density at radius 2 is 1.49 bits per heavy atom. The second-order valence-corrected chi connectivity index (χ2v) is 10.6. The standard InChI is InChI=1S/C27H31NO7/c1-25(2,3)35-24(34)28-27(23(32)33)18(14-16-10-6-4-7-11-16)21(29)19-20(22(30)31)26(19,27)15-17-12-8-5-9-13-17/h4-13,18-21,29H,14-15H2,1-3H3,(H,28,34)(H,30,31)(H,32,33)/t18?,19-,20-,21+,26-,27+/m0/s1. The minimum Gasteiger partial charge on any atom is -0.481 e. The number of fused-ring (bicyclic) bond motifs is 1. The number of alkyl carbamates (subject to hydrolysis) is 1. The Morgan fingerprint density at radius 1 is 0.943 bits per heavy atom. The summed E-state index contributed by atoms with van der Waals surface area (Å²) in [7, 11) is 0. The van der Waals surface area contributed by atoms with Crippen LogP contribution < -0.4 is 5.32 Å². The summed E-state index contributed by atoms with van der Waals surface area (Å²) in [5.74, 6) is -5.54. The van der Waals surface area contributed by atoms with Gasteiger partial charge in [-0.25, -0.2) is 9.59 Å². The molecule has 4 rings (SSSR count). The molecular formula is C27H31NO7. The van der Waals surface area contributed by atoms with Gasteiger partial charge in [0.05, 0.1) is 12.0 Å². The van der Waals surface area contributed by atoms with Crippen LogP contribution in [-0.2, 0) is 27.2 Å². The summed E-state index contributed by atoms with van der Waals surface area (Å²) < 4.78 is 5.42. The van der Waals surface area contributed by atoms with Crippen LogP contribution >= 0.6 is 0 Å². The first kappa shape index (κ1) is 24.7. The molecule has 2 aliphatic rings. The molecule has 2 aromatic rings. The molecule has 0 spiro atoms. The maximum absolute atomic E-state index is 13.2. The van der Waals surface area contributed by atoms with Gasteiger partial charge in [0.2, 0.25) is 0 Å². The third-order valence-corrected chi connectivity index (χ3v) is 7.41. The van der Waals surface area contributed by atoms with Gasteiger partial charge in [0, 0.05) is 17.3 Å². The van der Waals surface area contributed by atoms with E-state index in [0.717, 1.165) is 11.1 Å². The van der Waals surface area contributed by atoms with Crippen LogP contribution in [-0.4, -0.2) is 50.6 Å². The fraction of sp³-hybridized carbons (Fsp3) is 0.444. The molecular weight excluding hydrogens is 450 g/mol. The van der Waals surface area contributed by atoms with Crippen LogP contribution in [0.5, 0.6) is 0 Å². The molecule has 8 nitrogen and oxygen atoms in total. The molecule has 2 saturated carbocycles. The number of hydrogen-bond donors (Lipinski definition) is 4. The normalized spacial score (nSPS) is 31.3. The van der Waals surface area contributed by atoms with E-state index < -0.39 is 58.4 Å². The predicted molar refractivity (Wildman–Crippen MR) is 127 cm³/mol. The molecule has 1 amide bonds. The smallest absolute Gasteiger partial charge is 0.408 e. The maximum Gasteiger partial charge on any atom is 0.408 e. The van der Waals surface area contributed by atoms with Crippen molar-refractivity contribution in [2.45, 2.75) is 50.9 Å². The highest BCUT2D eigenvalue weighted by molar-refractivity contribution is 5.92. The average molecular weight is 482 g/mol. The fourth-order valence-electron chi connectivity index (χ4n) is 6.23. The number of carbonyl (C=O) groups excluding carboxylic acids is 1. The number of aliphatic hydroxyl groups excluding tert-OH is 1. The molecule has 6 atom stereocenters. The van der Waals surface area contributed by atoms with Crippen LogP contribution in [0.1, 0.15) is 31.9 Å². The Labute approximate surface area is 203 Å². The first-order valence-electron chi connectivity index (χ1n) is 11.7. The minimum absolute atomic E-state index is 0.0694. The number of carbonyl (C=O) groups is 3. The van der Waals surface area contributed by atoms with Crippen LogP contribution in [0.4, 0.5) is 4.79 Å². The predicted octanol–water partition coefficient (Wildman–Crippen LogP) is 3.13. The summed E-state index contributed by atoms with van der Waals surface area (Å²) in [6.45, 7) is 4.97. The van der Waals surface area contributed by atoms with Gasteiger partial charge in [-0.05, 0) is 44.7 Å². The van der Waals surface area contributed by atoms with Gasteiger partial charge in [0.1, 0.15) is 5.60 Å². The van der Waals surface area contributed by atoms with Crippen molar-refractivity contribution < 1.29 is 34.4 Å². The zero-order chi connectivity index (χ0) is 25.6. The van der Waals surface area contributed by atoms with E-state index in [9.17, 15) is 29.7 Å². The molecule has 35 heavy (non-hydrogen) atoms. The molecule has 2 fully saturated rings. The highest BCUT2D eigenvalue weighted by Crippen LogP contribution is 2.75. The molecule has 0 bridgehead atoms. The number of benzene rings is 2. The number of rotatable bonds is 7. The summed E-state index contributed by atoms with van der Waals surface area (Å²) in [6, 6.07) is 18.0. The lowest BCUT2D eigenvalue weighted by molar-refractivity contribution is -0.154. The minimum atomic E-state index is -2.08. The van der Waals surface area contributed by atoms with E-state index in [1.807, 2.05) is 24.3 Å². The molecule has 8 heteroatoms. The van der Waals surface area contributed by atoms with Crippen LogP contribution in [0.2, 0.25) is 0 Å². The lowest BCUT2D eigenvalue weighted by Crippen LogP contribution is -2.66. The van der Waals surface area contributed by atoms with Gasteiger partial charge in [-0.1, -0.05) is 60.7 Å². The van der Waals surface area contributed by atoms with Gasteiger partial charge in [-0.15, -0.1) is 0 Å². The fourth-order valence-corrected chi connectivity index (χ4v) is 6.23. The van der Waals surface area contributed by atoms with Crippen molar-refractivity contribution >= 4 is 18.0 Å². The summed E-state index contributed by atoms with van der Waals surface area (Å²) in [5, 5.41) is 34.9. The second-order valence-electron chi connectivity index (χ2n) is 10.6. The molecule has 2 aromatic carbocycles. The Hall–Kier alpha value is -3.39. The second kappa shape index (κ2) is 8.68. The zero-order valence-corrected chi connectivity index (χ0v) is 20.0.